The number of hydrogen-bond donors (Lipinski definition) is 0. The molecule has 4 heteroatoms. The van der Waals surface area contributed by atoms with E-state index in [0.717, 1.165) is 55.7 Å². The van der Waals surface area contributed by atoms with Gasteiger partial charge in [-0.15, -0.1) is 0 Å². The fourth-order valence-corrected chi connectivity index (χ4v) is 6.82. The molecular weight excluding hydrogens is 544 g/mol. The van der Waals surface area contributed by atoms with Gasteiger partial charge in [-0.2, -0.15) is 0 Å². The van der Waals surface area contributed by atoms with Crippen LogP contribution in [0.4, 0.5) is 0 Å². The van der Waals surface area contributed by atoms with Crippen LogP contribution in [0.2, 0.25) is 0 Å². The number of benzene rings is 6. The lowest BCUT2D eigenvalue weighted by molar-refractivity contribution is -0.146. The van der Waals surface area contributed by atoms with E-state index < -0.39 is 11.2 Å². The lowest BCUT2D eigenvalue weighted by atomic mass is 9.71. The third-order valence-electron chi connectivity index (χ3n) is 8.79. The van der Waals surface area contributed by atoms with Gasteiger partial charge in [0.25, 0.3) is 0 Å². The van der Waals surface area contributed by atoms with Gasteiger partial charge in [-0.05, 0) is 57.3 Å². The van der Waals surface area contributed by atoms with E-state index in [1.54, 1.807) is 14.2 Å². The monoisotopic (exact) mass is 578 g/mol. The molecule has 2 atom stereocenters. The first-order valence-electron chi connectivity index (χ1n) is 14.9. The fraction of sp³-hybridized carbons (Fsp3) is 0.150. The number of rotatable bonds is 10. The van der Waals surface area contributed by atoms with Crippen molar-refractivity contribution in [2.45, 2.75) is 24.4 Å². The molecule has 2 unspecified atom stereocenters. The Labute approximate surface area is 258 Å². The van der Waals surface area contributed by atoms with Crippen LogP contribution < -0.4 is 9.47 Å². The largest absolute Gasteiger partial charge is 0.489 e. The van der Waals surface area contributed by atoms with E-state index in [2.05, 4.69) is 84.9 Å². The zero-order valence-electron chi connectivity index (χ0n) is 24.9. The lowest BCUT2D eigenvalue weighted by Gasteiger charge is -2.46. The van der Waals surface area contributed by atoms with Gasteiger partial charge in [-0.3, -0.25) is 0 Å². The Balaban J connectivity index is 1.31. The van der Waals surface area contributed by atoms with Gasteiger partial charge >= 0.3 is 0 Å². The molecule has 0 radical (unpaired) electrons. The molecule has 218 valence electrons. The molecule has 44 heavy (non-hydrogen) atoms. The standard InChI is InChI=1S/C40H34O4/c1-41-39(32-19-23-34(24-20-32)43-27-29-11-5-3-6-12-29)36-17-9-15-31-16-10-18-37(38(31)36)40(39,42-2)33-21-25-35(26-22-33)44-28-30-13-7-4-8-14-30/h3-26H,27-28H2,1-2H3. The van der Waals surface area contributed by atoms with Crippen LogP contribution in [0.1, 0.15) is 33.4 Å². The van der Waals surface area contributed by atoms with Crippen molar-refractivity contribution in [3.8, 4) is 11.5 Å². The number of methoxy groups -OCH3 is 2. The quantitative estimate of drug-likeness (QED) is 0.163. The van der Waals surface area contributed by atoms with Crippen LogP contribution >= 0.6 is 0 Å². The minimum atomic E-state index is -0.977. The summed E-state index contributed by atoms with van der Waals surface area (Å²) < 4.78 is 25.7. The van der Waals surface area contributed by atoms with E-state index in [1.807, 2.05) is 60.7 Å². The zero-order chi connectivity index (χ0) is 30.0. The Morgan fingerprint density at radius 3 is 1.23 bits per heavy atom. The van der Waals surface area contributed by atoms with Gasteiger partial charge in [0, 0.05) is 25.3 Å². The molecule has 1 aliphatic carbocycles. The maximum absolute atomic E-state index is 6.73. The molecule has 0 aliphatic heterocycles. The molecule has 0 saturated heterocycles. The van der Waals surface area contributed by atoms with Gasteiger partial charge in [0.15, 0.2) is 11.2 Å². The van der Waals surface area contributed by atoms with Crippen molar-refractivity contribution in [1.29, 1.82) is 0 Å². The van der Waals surface area contributed by atoms with Crippen molar-refractivity contribution in [2.75, 3.05) is 14.2 Å². The highest BCUT2D eigenvalue weighted by Crippen LogP contribution is 2.61. The van der Waals surface area contributed by atoms with Crippen molar-refractivity contribution in [3.63, 3.8) is 0 Å². The van der Waals surface area contributed by atoms with Crippen molar-refractivity contribution < 1.29 is 18.9 Å². The normalized spacial score (nSPS) is 18.8. The second-order valence-electron chi connectivity index (χ2n) is 11.1. The van der Waals surface area contributed by atoms with E-state index >= 15 is 0 Å². The molecule has 0 aromatic heterocycles. The van der Waals surface area contributed by atoms with Crippen LogP contribution in [0, 0.1) is 0 Å². The van der Waals surface area contributed by atoms with Crippen LogP contribution in [0.15, 0.2) is 146 Å². The average Bonchev–Trinajstić information content (AvgIpc) is 3.36. The van der Waals surface area contributed by atoms with Gasteiger partial charge in [0.05, 0.1) is 0 Å². The smallest absolute Gasteiger partial charge is 0.156 e. The molecule has 6 aromatic carbocycles. The molecule has 0 spiro atoms. The van der Waals surface area contributed by atoms with Crippen molar-refractivity contribution >= 4 is 10.8 Å². The lowest BCUT2D eigenvalue weighted by Crippen LogP contribution is -2.50. The highest BCUT2D eigenvalue weighted by molar-refractivity contribution is 5.95. The molecular formula is C40H34O4. The van der Waals surface area contributed by atoms with Crippen molar-refractivity contribution in [1.82, 2.24) is 0 Å². The maximum atomic E-state index is 6.73. The highest BCUT2D eigenvalue weighted by Gasteiger charge is 2.62. The topological polar surface area (TPSA) is 36.9 Å². The molecule has 0 fully saturated rings. The number of hydrogen-bond acceptors (Lipinski definition) is 4. The van der Waals surface area contributed by atoms with E-state index in [1.165, 1.54) is 0 Å². The Bertz CT molecular complexity index is 1730. The predicted octanol–water partition coefficient (Wildman–Crippen LogP) is 8.79. The Hall–Kier alpha value is -4.90. The van der Waals surface area contributed by atoms with Crippen LogP contribution in [0.25, 0.3) is 10.8 Å². The van der Waals surface area contributed by atoms with Crippen LogP contribution in [0.3, 0.4) is 0 Å². The highest BCUT2D eigenvalue weighted by atomic mass is 16.6. The first-order valence-corrected chi connectivity index (χ1v) is 14.9. The van der Waals surface area contributed by atoms with Crippen molar-refractivity contribution in [3.05, 3.63) is 179 Å². The summed E-state index contributed by atoms with van der Waals surface area (Å²) in [5.74, 6) is 1.58. The van der Waals surface area contributed by atoms with E-state index in [-0.39, 0.29) is 0 Å². The molecule has 7 rings (SSSR count). The Kier molecular flexibility index (Phi) is 7.39. The van der Waals surface area contributed by atoms with Crippen LogP contribution in [-0.4, -0.2) is 14.2 Å². The molecule has 0 heterocycles. The summed E-state index contributed by atoms with van der Waals surface area (Å²) >= 11 is 0. The second-order valence-corrected chi connectivity index (χ2v) is 11.1. The molecule has 0 saturated carbocycles. The first-order chi connectivity index (χ1) is 21.7. The Morgan fingerprint density at radius 1 is 0.432 bits per heavy atom. The van der Waals surface area contributed by atoms with E-state index in [4.69, 9.17) is 18.9 Å². The van der Waals surface area contributed by atoms with Crippen LogP contribution in [0.5, 0.6) is 11.5 Å². The zero-order valence-corrected chi connectivity index (χ0v) is 24.9. The summed E-state index contributed by atoms with van der Waals surface area (Å²) in [6, 6.07) is 49.6. The maximum Gasteiger partial charge on any atom is 0.156 e. The van der Waals surface area contributed by atoms with E-state index in [0.29, 0.717) is 13.2 Å². The average molecular weight is 579 g/mol. The SMILES string of the molecule is COC1(c2ccc(OCc3ccccc3)cc2)c2cccc3cccc(c23)C1(OC)c1ccc(OCc2ccccc2)cc1. The van der Waals surface area contributed by atoms with E-state index in [9.17, 15) is 0 Å². The third-order valence-corrected chi connectivity index (χ3v) is 8.79. The summed E-state index contributed by atoms with van der Waals surface area (Å²) in [5, 5.41) is 2.29. The summed E-state index contributed by atoms with van der Waals surface area (Å²) in [7, 11) is 3.55. The van der Waals surface area contributed by atoms with Crippen molar-refractivity contribution in [2.24, 2.45) is 0 Å². The Morgan fingerprint density at radius 2 is 0.841 bits per heavy atom. The summed E-state index contributed by atoms with van der Waals surface area (Å²) in [4.78, 5) is 0. The van der Waals surface area contributed by atoms with Gasteiger partial charge in [-0.25, -0.2) is 0 Å². The summed E-state index contributed by atoms with van der Waals surface area (Å²) in [5.41, 5.74) is 4.37. The molecule has 6 aromatic rings. The second kappa shape index (κ2) is 11.6. The van der Waals surface area contributed by atoms with Gasteiger partial charge in [0.2, 0.25) is 0 Å². The van der Waals surface area contributed by atoms with Crippen LogP contribution in [-0.2, 0) is 33.9 Å². The molecule has 4 nitrogen and oxygen atoms in total. The molecule has 0 N–H and O–H groups in total. The fourth-order valence-electron chi connectivity index (χ4n) is 6.82. The van der Waals surface area contributed by atoms with Gasteiger partial charge in [0.1, 0.15) is 24.7 Å². The number of ether oxygens (including phenoxy) is 4. The molecule has 1 aliphatic rings. The minimum Gasteiger partial charge on any atom is -0.489 e. The predicted molar refractivity (Wildman–Crippen MR) is 174 cm³/mol. The van der Waals surface area contributed by atoms with Gasteiger partial charge in [-0.1, -0.05) is 121 Å². The molecule has 0 amide bonds. The summed E-state index contributed by atoms with van der Waals surface area (Å²) in [6.07, 6.45) is 0. The minimum absolute atomic E-state index is 0.501. The third kappa shape index (κ3) is 4.46. The van der Waals surface area contributed by atoms with Gasteiger partial charge < -0.3 is 18.9 Å². The summed E-state index contributed by atoms with van der Waals surface area (Å²) in [6.45, 7) is 1.00. The molecule has 0 bridgehead atoms. The first kappa shape index (κ1) is 27.9.